The lowest BCUT2D eigenvalue weighted by molar-refractivity contribution is 0.896. The highest BCUT2D eigenvalue weighted by Crippen LogP contribution is 1.94. The fourth-order valence-electron chi connectivity index (χ4n) is 0.212. The molecule has 0 aromatic heterocycles. The van der Waals surface area contributed by atoms with Crippen molar-refractivity contribution in [1.82, 2.24) is 3.11 Å². The molecule has 0 N–H and O–H groups in total. The third kappa shape index (κ3) is 3.01. The summed E-state index contributed by atoms with van der Waals surface area (Å²) in [6.45, 7) is 5.39. The van der Waals surface area contributed by atoms with E-state index in [2.05, 4.69) is 34.4 Å². The second-order valence-corrected chi connectivity index (χ2v) is 2.78. The molecule has 46 valence electrons. The topological polar surface area (TPSA) is 15.6 Å². The van der Waals surface area contributed by atoms with Crippen molar-refractivity contribution in [3.05, 3.63) is 12.8 Å². The van der Waals surface area contributed by atoms with Crippen molar-refractivity contribution in [2.45, 2.75) is 6.92 Å². The van der Waals surface area contributed by atoms with Crippen molar-refractivity contribution >= 4 is 28.7 Å². The van der Waals surface area contributed by atoms with E-state index in [1.807, 2.05) is 17.1 Å². The number of amidine groups is 1. The number of hydrogen-bond acceptors (Lipinski definition) is 1. The third-order valence-electron chi connectivity index (χ3n) is 0.724. The Morgan fingerprint density at radius 3 is 2.50 bits per heavy atom. The van der Waals surface area contributed by atoms with Crippen LogP contribution in [0.4, 0.5) is 0 Å². The quantitative estimate of drug-likeness (QED) is 0.287. The summed E-state index contributed by atoms with van der Waals surface area (Å²) >= 11 is 2.15. The maximum atomic E-state index is 3.92. The fourth-order valence-corrected chi connectivity index (χ4v) is 0.336. The smallest absolute Gasteiger partial charge is 0.109 e. The van der Waals surface area contributed by atoms with Crippen LogP contribution in [0, 0.1) is 0 Å². The molecule has 0 radical (unpaired) electrons. The second kappa shape index (κ2) is 3.88. The van der Waals surface area contributed by atoms with Gasteiger partial charge in [-0.3, -0.25) is 0 Å². The standard InChI is InChI=1S/C5H9IN2/c1-4-7-5(2)8(3)6/h4H,1H2,2-3H3. The van der Waals surface area contributed by atoms with Gasteiger partial charge in [-0.25, -0.2) is 4.99 Å². The Bertz CT molecular complexity index is 107. The zero-order valence-corrected chi connectivity index (χ0v) is 7.21. The molecule has 0 aliphatic heterocycles. The van der Waals surface area contributed by atoms with Crippen LogP contribution in [0.1, 0.15) is 6.92 Å². The van der Waals surface area contributed by atoms with Gasteiger partial charge in [0.15, 0.2) is 0 Å². The van der Waals surface area contributed by atoms with Crippen LogP contribution in [0.3, 0.4) is 0 Å². The maximum Gasteiger partial charge on any atom is 0.109 e. The van der Waals surface area contributed by atoms with Gasteiger partial charge < -0.3 is 3.11 Å². The van der Waals surface area contributed by atoms with E-state index in [9.17, 15) is 0 Å². The fraction of sp³-hybridized carbons (Fsp3) is 0.400. The normalized spacial score (nSPS) is 11.1. The number of rotatable bonds is 1. The second-order valence-electron chi connectivity index (χ2n) is 1.34. The summed E-state index contributed by atoms with van der Waals surface area (Å²) in [5.74, 6) is 0.959. The van der Waals surface area contributed by atoms with Crippen molar-refractivity contribution < 1.29 is 0 Å². The number of aliphatic imine (C=N–C) groups is 1. The van der Waals surface area contributed by atoms with Gasteiger partial charge in [0.2, 0.25) is 0 Å². The van der Waals surface area contributed by atoms with Crippen LogP contribution in [0.2, 0.25) is 0 Å². The molecule has 0 saturated heterocycles. The van der Waals surface area contributed by atoms with Crippen LogP contribution in [-0.4, -0.2) is 16.0 Å². The van der Waals surface area contributed by atoms with E-state index in [-0.39, 0.29) is 0 Å². The molecule has 0 amide bonds. The summed E-state index contributed by atoms with van der Waals surface area (Å²) < 4.78 is 1.90. The molecule has 0 fully saturated rings. The van der Waals surface area contributed by atoms with Gasteiger partial charge in [-0.2, -0.15) is 0 Å². The van der Waals surface area contributed by atoms with Crippen molar-refractivity contribution in [1.29, 1.82) is 0 Å². The molecule has 3 heteroatoms. The van der Waals surface area contributed by atoms with Crippen molar-refractivity contribution in [3.63, 3.8) is 0 Å². The zero-order valence-electron chi connectivity index (χ0n) is 5.06. The highest BCUT2D eigenvalue weighted by Gasteiger charge is 1.88. The van der Waals surface area contributed by atoms with E-state index in [1.165, 1.54) is 6.20 Å². The van der Waals surface area contributed by atoms with Crippen LogP contribution in [0.5, 0.6) is 0 Å². The number of nitrogens with zero attached hydrogens (tertiary/aromatic N) is 2. The van der Waals surface area contributed by atoms with Gasteiger partial charge in [0.25, 0.3) is 0 Å². The van der Waals surface area contributed by atoms with Gasteiger partial charge in [-0.05, 0) is 6.92 Å². The molecule has 2 nitrogen and oxygen atoms in total. The van der Waals surface area contributed by atoms with Gasteiger partial charge in [-0.1, -0.05) is 6.58 Å². The molecule has 8 heavy (non-hydrogen) atoms. The lowest BCUT2D eigenvalue weighted by Crippen LogP contribution is -2.10. The highest BCUT2D eigenvalue weighted by molar-refractivity contribution is 14.1. The van der Waals surface area contributed by atoms with Crippen molar-refractivity contribution in [2.24, 2.45) is 4.99 Å². The minimum Gasteiger partial charge on any atom is -0.306 e. The zero-order chi connectivity index (χ0) is 6.57. The molecule has 0 atom stereocenters. The molecular weight excluding hydrogens is 215 g/mol. The largest absolute Gasteiger partial charge is 0.306 e. The molecule has 0 aromatic rings. The van der Waals surface area contributed by atoms with Crippen molar-refractivity contribution in [3.8, 4) is 0 Å². The molecule has 0 aliphatic rings. The van der Waals surface area contributed by atoms with E-state index in [0.717, 1.165) is 5.84 Å². The maximum absolute atomic E-state index is 3.92. The first-order valence-corrected chi connectivity index (χ1v) is 3.19. The molecule has 0 bridgehead atoms. The highest BCUT2D eigenvalue weighted by atomic mass is 127. The summed E-state index contributed by atoms with van der Waals surface area (Å²) in [5, 5.41) is 0. The minimum atomic E-state index is 0.959. The Kier molecular flexibility index (Phi) is 3.85. The lowest BCUT2D eigenvalue weighted by atomic mass is 10.7. The molecular formula is C5H9IN2. The van der Waals surface area contributed by atoms with Gasteiger partial charge in [-0.15, -0.1) is 0 Å². The Hall–Kier alpha value is -0.0600. The SMILES string of the molecule is C=CN=C(C)N(C)I. The molecule has 0 unspecified atom stereocenters. The Labute approximate surface area is 63.8 Å². The average molecular weight is 224 g/mol. The third-order valence-corrected chi connectivity index (χ3v) is 1.42. The summed E-state index contributed by atoms with van der Waals surface area (Å²) in [7, 11) is 1.93. The summed E-state index contributed by atoms with van der Waals surface area (Å²) in [6, 6.07) is 0. The molecule has 0 rings (SSSR count). The van der Waals surface area contributed by atoms with E-state index in [4.69, 9.17) is 0 Å². The van der Waals surface area contributed by atoms with Gasteiger partial charge >= 0.3 is 0 Å². The molecule has 0 aromatic carbocycles. The van der Waals surface area contributed by atoms with Crippen LogP contribution in [-0.2, 0) is 0 Å². The summed E-state index contributed by atoms with van der Waals surface area (Å²) in [4.78, 5) is 3.92. The van der Waals surface area contributed by atoms with E-state index < -0.39 is 0 Å². The number of hydrogen-bond donors (Lipinski definition) is 0. The Balaban J connectivity index is 3.78. The Morgan fingerprint density at radius 1 is 1.88 bits per heavy atom. The summed E-state index contributed by atoms with van der Waals surface area (Å²) in [6.07, 6.45) is 1.53. The van der Waals surface area contributed by atoms with Gasteiger partial charge in [0.05, 0.1) is 22.9 Å². The van der Waals surface area contributed by atoms with Gasteiger partial charge in [0, 0.05) is 13.2 Å². The predicted molar refractivity (Wildman–Crippen MR) is 45.1 cm³/mol. The molecule has 0 saturated carbocycles. The average Bonchev–Trinajstić information content (AvgIpc) is 1.67. The molecule has 0 aliphatic carbocycles. The first kappa shape index (κ1) is 7.94. The van der Waals surface area contributed by atoms with Crippen molar-refractivity contribution in [2.75, 3.05) is 7.05 Å². The number of halogens is 1. The van der Waals surface area contributed by atoms with Crippen LogP contribution < -0.4 is 0 Å². The van der Waals surface area contributed by atoms with Crippen LogP contribution in [0.25, 0.3) is 0 Å². The Morgan fingerprint density at radius 2 is 2.38 bits per heavy atom. The minimum absolute atomic E-state index is 0.959. The lowest BCUT2D eigenvalue weighted by Gasteiger charge is -2.05. The first-order valence-electron chi connectivity index (χ1n) is 2.23. The van der Waals surface area contributed by atoms with E-state index in [1.54, 1.807) is 0 Å². The summed E-state index contributed by atoms with van der Waals surface area (Å²) in [5.41, 5.74) is 0. The van der Waals surface area contributed by atoms with Gasteiger partial charge in [0.1, 0.15) is 5.84 Å². The molecule has 0 heterocycles. The van der Waals surface area contributed by atoms with E-state index >= 15 is 0 Å². The monoisotopic (exact) mass is 224 g/mol. The van der Waals surface area contributed by atoms with E-state index in [0.29, 0.717) is 0 Å². The predicted octanol–water partition coefficient (Wildman–Crippen LogP) is 1.83. The van der Waals surface area contributed by atoms with Crippen LogP contribution >= 0.6 is 22.9 Å². The molecule has 0 spiro atoms. The first-order chi connectivity index (χ1) is 3.68. The van der Waals surface area contributed by atoms with Crippen LogP contribution in [0.15, 0.2) is 17.8 Å².